The molecule has 2 aliphatic heterocycles. The van der Waals surface area contributed by atoms with Gasteiger partial charge in [-0.1, -0.05) is 0 Å². The maximum absolute atomic E-state index is 12.4. The second-order valence-electron chi connectivity index (χ2n) is 8.04. The summed E-state index contributed by atoms with van der Waals surface area (Å²) in [5.74, 6) is 0.488. The van der Waals surface area contributed by atoms with Gasteiger partial charge in [0.15, 0.2) is 11.4 Å². The number of aliphatic hydroxyl groups excluding tert-OH is 1. The molecular formula is C21H30N4O4. The van der Waals surface area contributed by atoms with Crippen LogP contribution < -0.4 is 5.56 Å². The van der Waals surface area contributed by atoms with Gasteiger partial charge in [-0.3, -0.25) is 19.0 Å². The molecule has 4 heterocycles. The molecule has 0 radical (unpaired) electrons. The lowest BCUT2D eigenvalue weighted by Crippen LogP contribution is -2.53. The Morgan fingerprint density at radius 3 is 2.86 bits per heavy atom. The molecule has 2 aromatic heterocycles. The van der Waals surface area contributed by atoms with Crippen LogP contribution in [0, 0.1) is 5.92 Å². The predicted molar refractivity (Wildman–Crippen MR) is 109 cm³/mol. The monoisotopic (exact) mass is 402 g/mol. The number of aromatic nitrogens is 2. The zero-order valence-electron chi connectivity index (χ0n) is 16.7. The fourth-order valence-electron chi connectivity index (χ4n) is 4.73. The zero-order valence-corrected chi connectivity index (χ0v) is 16.7. The highest BCUT2D eigenvalue weighted by atomic mass is 16.5. The van der Waals surface area contributed by atoms with Crippen LogP contribution in [-0.4, -0.2) is 81.4 Å². The maximum atomic E-state index is 12.4. The molecule has 4 rings (SSSR count). The van der Waals surface area contributed by atoms with Crippen molar-refractivity contribution in [3.8, 4) is 5.75 Å². The lowest BCUT2D eigenvalue weighted by molar-refractivity contribution is -0.0232. The Bertz CT molecular complexity index is 881. The van der Waals surface area contributed by atoms with Crippen molar-refractivity contribution < 1.29 is 14.9 Å². The summed E-state index contributed by atoms with van der Waals surface area (Å²) < 4.78 is 6.88. The highest BCUT2D eigenvalue weighted by Crippen LogP contribution is 2.28. The molecular weight excluding hydrogens is 372 g/mol. The fourth-order valence-corrected chi connectivity index (χ4v) is 4.73. The van der Waals surface area contributed by atoms with Gasteiger partial charge >= 0.3 is 0 Å². The first-order valence-electron chi connectivity index (χ1n) is 10.5. The van der Waals surface area contributed by atoms with Crippen LogP contribution in [0.4, 0.5) is 0 Å². The molecule has 2 unspecified atom stereocenters. The molecule has 0 saturated carbocycles. The molecule has 8 nitrogen and oxygen atoms in total. The molecule has 158 valence electrons. The van der Waals surface area contributed by atoms with E-state index in [0.29, 0.717) is 29.8 Å². The number of rotatable bonds is 6. The van der Waals surface area contributed by atoms with Gasteiger partial charge in [-0.25, -0.2) is 4.98 Å². The lowest BCUT2D eigenvalue weighted by Gasteiger charge is -2.45. The summed E-state index contributed by atoms with van der Waals surface area (Å²) in [6.07, 6.45) is 4.48. The first-order chi connectivity index (χ1) is 14.2. The number of fused-ring (bicyclic) bond motifs is 1. The van der Waals surface area contributed by atoms with E-state index in [1.54, 1.807) is 24.4 Å². The van der Waals surface area contributed by atoms with Crippen LogP contribution in [0.15, 0.2) is 29.2 Å². The van der Waals surface area contributed by atoms with Crippen molar-refractivity contribution in [2.24, 2.45) is 5.92 Å². The van der Waals surface area contributed by atoms with Crippen molar-refractivity contribution >= 4 is 5.65 Å². The maximum Gasteiger partial charge on any atom is 0.258 e. The molecule has 2 aromatic rings. The minimum atomic E-state index is -0.180. The average molecular weight is 402 g/mol. The van der Waals surface area contributed by atoms with Crippen molar-refractivity contribution in [3.05, 3.63) is 40.4 Å². The summed E-state index contributed by atoms with van der Waals surface area (Å²) in [6.45, 7) is 6.21. The third-order valence-electron chi connectivity index (χ3n) is 6.13. The first-order valence-corrected chi connectivity index (χ1v) is 10.5. The van der Waals surface area contributed by atoms with Crippen LogP contribution in [-0.2, 0) is 11.3 Å². The zero-order chi connectivity index (χ0) is 20.2. The summed E-state index contributed by atoms with van der Waals surface area (Å²) in [5, 5.41) is 19.4. The number of nitrogens with zero attached hydrogens (tertiary/aromatic N) is 4. The summed E-state index contributed by atoms with van der Waals surface area (Å²) >= 11 is 0. The van der Waals surface area contributed by atoms with Gasteiger partial charge in [0.1, 0.15) is 0 Å². The minimum absolute atomic E-state index is 0.0123. The SMILES string of the molecule is O=c1cc(CN2CCC(N3CCOCC3)C(CCCO)C2)nc2c(O)cccn12. The molecule has 0 spiro atoms. The molecule has 0 amide bonds. The molecule has 2 aliphatic rings. The van der Waals surface area contributed by atoms with E-state index in [1.807, 2.05) is 0 Å². The molecule has 29 heavy (non-hydrogen) atoms. The molecule has 2 atom stereocenters. The third kappa shape index (κ3) is 4.61. The van der Waals surface area contributed by atoms with Crippen LogP contribution in [0.25, 0.3) is 5.65 Å². The van der Waals surface area contributed by atoms with E-state index in [9.17, 15) is 15.0 Å². The van der Waals surface area contributed by atoms with E-state index in [4.69, 9.17) is 4.74 Å². The van der Waals surface area contributed by atoms with Crippen molar-refractivity contribution in [1.29, 1.82) is 0 Å². The quantitative estimate of drug-likeness (QED) is 0.735. The van der Waals surface area contributed by atoms with Gasteiger partial charge in [-0.2, -0.15) is 0 Å². The fraction of sp³-hybridized carbons (Fsp3) is 0.619. The summed E-state index contributed by atoms with van der Waals surface area (Å²) in [6, 6.07) is 5.25. The Labute approximate surface area is 170 Å². The van der Waals surface area contributed by atoms with Crippen LogP contribution in [0.3, 0.4) is 0 Å². The number of morpholine rings is 1. The van der Waals surface area contributed by atoms with Gasteiger partial charge in [0.2, 0.25) is 0 Å². The van der Waals surface area contributed by atoms with Gasteiger partial charge in [-0.05, 0) is 37.3 Å². The predicted octanol–water partition coefficient (Wildman–Crippen LogP) is 0.695. The standard InChI is InChI=1S/C21H30N4O4/c26-10-2-3-16-14-23(7-5-18(16)24-8-11-29-12-9-24)15-17-13-20(28)25-6-1-4-19(27)21(25)22-17/h1,4,6,13,16,18,26-27H,2-3,5,7-12,14-15H2. The Hall–Kier alpha value is -2.00. The Balaban J connectivity index is 1.49. The van der Waals surface area contributed by atoms with E-state index in [0.717, 1.165) is 58.7 Å². The molecule has 0 aliphatic carbocycles. The summed E-state index contributed by atoms with van der Waals surface area (Å²) in [7, 11) is 0. The molecule has 0 bridgehead atoms. The van der Waals surface area contributed by atoms with Gasteiger partial charge in [0.25, 0.3) is 5.56 Å². The summed E-state index contributed by atoms with van der Waals surface area (Å²) in [5.41, 5.74) is 0.804. The molecule has 8 heteroatoms. The summed E-state index contributed by atoms with van der Waals surface area (Å²) in [4.78, 5) is 21.8. The number of aromatic hydroxyl groups is 1. The number of likely N-dealkylation sites (tertiary alicyclic amines) is 1. The Kier molecular flexibility index (Phi) is 6.44. The van der Waals surface area contributed by atoms with E-state index in [1.165, 1.54) is 4.40 Å². The number of hydrogen-bond donors (Lipinski definition) is 2. The number of hydrogen-bond acceptors (Lipinski definition) is 7. The normalized spacial score (nSPS) is 24.2. The molecule has 0 aromatic carbocycles. The van der Waals surface area contributed by atoms with E-state index in [-0.39, 0.29) is 17.9 Å². The topological polar surface area (TPSA) is 90.5 Å². The Morgan fingerprint density at radius 1 is 1.24 bits per heavy atom. The van der Waals surface area contributed by atoms with Crippen molar-refractivity contribution in [3.63, 3.8) is 0 Å². The molecule has 2 N–H and O–H groups in total. The minimum Gasteiger partial charge on any atom is -0.504 e. The van der Waals surface area contributed by atoms with Crippen molar-refractivity contribution in [2.45, 2.75) is 31.8 Å². The average Bonchev–Trinajstić information content (AvgIpc) is 2.74. The number of ether oxygens (including phenoxy) is 1. The molecule has 2 fully saturated rings. The number of piperidine rings is 1. The highest BCUT2D eigenvalue weighted by molar-refractivity contribution is 5.52. The Morgan fingerprint density at radius 2 is 2.07 bits per heavy atom. The van der Waals surface area contributed by atoms with Gasteiger partial charge in [-0.15, -0.1) is 0 Å². The third-order valence-corrected chi connectivity index (χ3v) is 6.13. The van der Waals surface area contributed by atoms with Crippen LogP contribution in [0.1, 0.15) is 25.0 Å². The lowest BCUT2D eigenvalue weighted by atomic mass is 9.86. The van der Waals surface area contributed by atoms with Crippen LogP contribution in [0.5, 0.6) is 5.75 Å². The number of aliphatic hydroxyl groups is 1. The molecule has 2 saturated heterocycles. The van der Waals surface area contributed by atoms with Crippen LogP contribution in [0.2, 0.25) is 0 Å². The van der Waals surface area contributed by atoms with E-state index < -0.39 is 0 Å². The largest absolute Gasteiger partial charge is 0.504 e. The first kappa shape index (κ1) is 20.3. The van der Waals surface area contributed by atoms with Crippen molar-refractivity contribution in [2.75, 3.05) is 46.0 Å². The second-order valence-corrected chi connectivity index (χ2v) is 8.04. The second kappa shape index (κ2) is 9.21. The van der Waals surface area contributed by atoms with E-state index >= 15 is 0 Å². The van der Waals surface area contributed by atoms with Crippen molar-refractivity contribution in [1.82, 2.24) is 19.2 Å². The van der Waals surface area contributed by atoms with E-state index in [2.05, 4.69) is 14.8 Å². The van der Waals surface area contributed by atoms with Gasteiger partial charge < -0.3 is 14.9 Å². The number of pyridine rings is 1. The smallest absolute Gasteiger partial charge is 0.258 e. The van der Waals surface area contributed by atoms with Gasteiger partial charge in [0, 0.05) is 57.6 Å². The van der Waals surface area contributed by atoms with Crippen LogP contribution >= 0.6 is 0 Å². The highest BCUT2D eigenvalue weighted by Gasteiger charge is 2.33. The van der Waals surface area contributed by atoms with Gasteiger partial charge in [0.05, 0.1) is 18.9 Å².